The fourth-order valence-corrected chi connectivity index (χ4v) is 4.04. The number of aliphatic hydroxyl groups is 1. The van der Waals surface area contributed by atoms with Gasteiger partial charge in [-0.15, -0.1) is 0 Å². The van der Waals surface area contributed by atoms with Crippen LogP contribution in [0.3, 0.4) is 0 Å². The SMILES string of the molecule is O=C(CN1C(=O)/C(=C/c2ccccc2)SC1=S)N(CCO)Cc1ccccc1. The van der Waals surface area contributed by atoms with Gasteiger partial charge in [0.15, 0.2) is 0 Å². The summed E-state index contributed by atoms with van der Waals surface area (Å²) in [6, 6.07) is 19.0. The standard InChI is InChI=1S/C21H20N2O3S2/c24-12-11-22(14-17-9-5-2-6-10-17)19(25)15-23-20(26)18(28-21(23)27)13-16-7-3-1-4-8-16/h1-10,13,24H,11-12,14-15H2/b18-13-. The van der Waals surface area contributed by atoms with Gasteiger partial charge in [-0.05, 0) is 17.2 Å². The van der Waals surface area contributed by atoms with Crippen LogP contribution in [0.4, 0.5) is 0 Å². The smallest absolute Gasteiger partial charge is 0.266 e. The van der Waals surface area contributed by atoms with Crippen molar-refractivity contribution < 1.29 is 14.7 Å². The quantitative estimate of drug-likeness (QED) is 0.560. The van der Waals surface area contributed by atoms with E-state index in [9.17, 15) is 14.7 Å². The topological polar surface area (TPSA) is 60.9 Å². The largest absolute Gasteiger partial charge is 0.395 e. The predicted molar refractivity (Wildman–Crippen MR) is 115 cm³/mol. The third-order valence-corrected chi connectivity index (χ3v) is 5.58. The van der Waals surface area contributed by atoms with Crippen LogP contribution in [0.1, 0.15) is 11.1 Å². The highest BCUT2D eigenvalue weighted by Gasteiger charge is 2.34. The number of carbonyl (C=O) groups excluding carboxylic acids is 2. The van der Waals surface area contributed by atoms with Crippen molar-refractivity contribution in [1.29, 1.82) is 0 Å². The lowest BCUT2D eigenvalue weighted by Gasteiger charge is -2.24. The summed E-state index contributed by atoms with van der Waals surface area (Å²) in [7, 11) is 0. The van der Waals surface area contributed by atoms with Gasteiger partial charge in [-0.2, -0.15) is 0 Å². The summed E-state index contributed by atoms with van der Waals surface area (Å²) < 4.78 is 0.365. The van der Waals surface area contributed by atoms with E-state index < -0.39 is 0 Å². The van der Waals surface area contributed by atoms with Crippen LogP contribution in [0.15, 0.2) is 65.6 Å². The van der Waals surface area contributed by atoms with E-state index in [0.29, 0.717) is 15.8 Å². The van der Waals surface area contributed by atoms with Gasteiger partial charge in [-0.25, -0.2) is 0 Å². The highest BCUT2D eigenvalue weighted by Crippen LogP contribution is 2.32. The number of aliphatic hydroxyl groups excluding tert-OH is 1. The molecule has 5 nitrogen and oxygen atoms in total. The lowest BCUT2D eigenvalue weighted by Crippen LogP contribution is -2.42. The molecule has 0 unspecified atom stereocenters. The Morgan fingerprint density at radius 3 is 2.39 bits per heavy atom. The maximum Gasteiger partial charge on any atom is 0.266 e. The van der Waals surface area contributed by atoms with Crippen molar-refractivity contribution in [3.8, 4) is 0 Å². The van der Waals surface area contributed by atoms with Gasteiger partial charge in [-0.1, -0.05) is 84.6 Å². The van der Waals surface area contributed by atoms with Crippen LogP contribution in [-0.4, -0.2) is 50.7 Å². The molecule has 0 saturated carbocycles. The van der Waals surface area contributed by atoms with Gasteiger partial charge in [0.2, 0.25) is 5.91 Å². The monoisotopic (exact) mass is 412 g/mol. The number of hydrogen-bond acceptors (Lipinski definition) is 5. The Balaban J connectivity index is 1.70. The van der Waals surface area contributed by atoms with Crippen molar-refractivity contribution in [1.82, 2.24) is 9.80 Å². The van der Waals surface area contributed by atoms with Crippen LogP contribution < -0.4 is 0 Å². The Bertz CT molecular complexity index is 885. The average molecular weight is 413 g/mol. The van der Waals surface area contributed by atoms with Gasteiger partial charge in [0.25, 0.3) is 5.91 Å². The lowest BCUT2D eigenvalue weighted by atomic mass is 10.2. The molecule has 1 N–H and O–H groups in total. The number of carbonyl (C=O) groups is 2. The molecule has 3 rings (SSSR count). The summed E-state index contributed by atoms with van der Waals surface area (Å²) in [5.74, 6) is -0.522. The van der Waals surface area contributed by atoms with Crippen LogP contribution in [0.5, 0.6) is 0 Å². The van der Waals surface area contributed by atoms with Gasteiger partial charge < -0.3 is 10.0 Å². The van der Waals surface area contributed by atoms with Crippen molar-refractivity contribution in [2.45, 2.75) is 6.54 Å². The van der Waals surface area contributed by atoms with Gasteiger partial charge >= 0.3 is 0 Å². The minimum Gasteiger partial charge on any atom is -0.395 e. The third-order valence-electron chi connectivity index (χ3n) is 4.20. The van der Waals surface area contributed by atoms with E-state index in [-0.39, 0.29) is 31.5 Å². The molecule has 0 spiro atoms. The summed E-state index contributed by atoms with van der Waals surface area (Å²) in [6.45, 7) is 0.283. The lowest BCUT2D eigenvalue weighted by molar-refractivity contribution is -0.136. The van der Waals surface area contributed by atoms with E-state index in [2.05, 4.69) is 0 Å². The molecule has 1 aliphatic rings. The van der Waals surface area contributed by atoms with Crippen LogP contribution in [0, 0.1) is 0 Å². The van der Waals surface area contributed by atoms with Gasteiger partial charge in [0.05, 0.1) is 11.5 Å². The molecule has 0 aromatic heterocycles. The molecule has 2 amide bonds. The zero-order valence-corrected chi connectivity index (χ0v) is 16.8. The molecule has 28 heavy (non-hydrogen) atoms. The van der Waals surface area contributed by atoms with E-state index in [1.807, 2.05) is 60.7 Å². The first-order valence-corrected chi connectivity index (χ1v) is 10.0. The molecule has 0 bridgehead atoms. The van der Waals surface area contributed by atoms with E-state index in [0.717, 1.165) is 11.1 Å². The Morgan fingerprint density at radius 1 is 1.11 bits per heavy atom. The predicted octanol–water partition coefficient (Wildman–Crippen LogP) is 2.91. The van der Waals surface area contributed by atoms with E-state index >= 15 is 0 Å². The van der Waals surface area contributed by atoms with Crippen molar-refractivity contribution in [3.05, 3.63) is 76.7 Å². The second-order valence-corrected chi connectivity index (χ2v) is 7.88. The molecule has 1 heterocycles. The van der Waals surface area contributed by atoms with Gasteiger partial charge in [-0.3, -0.25) is 14.5 Å². The van der Waals surface area contributed by atoms with Gasteiger partial charge in [0.1, 0.15) is 10.9 Å². The normalized spacial score (nSPS) is 15.3. The van der Waals surface area contributed by atoms with Crippen LogP contribution >= 0.6 is 24.0 Å². The molecular weight excluding hydrogens is 392 g/mol. The van der Waals surface area contributed by atoms with Crippen molar-refractivity contribution in [2.75, 3.05) is 19.7 Å². The molecular formula is C21H20N2O3S2. The first-order chi connectivity index (χ1) is 13.6. The zero-order chi connectivity index (χ0) is 19.9. The number of thioether (sulfide) groups is 1. The Morgan fingerprint density at radius 2 is 1.75 bits per heavy atom. The molecule has 2 aromatic rings. The number of hydrogen-bond donors (Lipinski definition) is 1. The number of benzene rings is 2. The van der Waals surface area contributed by atoms with Gasteiger partial charge in [0, 0.05) is 13.1 Å². The minimum atomic E-state index is -0.268. The molecule has 7 heteroatoms. The molecule has 144 valence electrons. The minimum absolute atomic E-state index is 0.135. The van der Waals surface area contributed by atoms with Crippen LogP contribution in [-0.2, 0) is 16.1 Å². The second kappa shape index (κ2) is 9.64. The molecule has 2 aromatic carbocycles. The Kier molecular flexibility index (Phi) is 6.97. The fraction of sp³-hybridized carbons (Fsp3) is 0.190. The van der Waals surface area contributed by atoms with E-state index in [1.54, 1.807) is 6.08 Å². The zero-order valence-electron chi connectivity index (χ0n) is 15.2. The second-order valence-electron chi connectivity index (χ2n) is 6.20. The summed E-state index contributed by atoms with van der Waals surface area (Å²) in [5.41, 5.74) is 1.86. The molecule has 0 aliphatic carbocycles. The highest BCUT2D eigenvalue weighted by molar-refractivity contribution is 8.26. The van der Waals surface area contributed by atoms with Crippen LogP contribution in [0.2, 0.25) is 0 Å². The fourth-order valence-electron chi connectivity index (χ4n) is 2.79. The molecule has 1 saturated heterocycles. The summed E-state index contributed by atoms with van der Waals surface area (Å²) in [5, 5.41) is 9.32. The Hall–Kier alpha value is -2.48. The molecule has 0 atom stereocenters. The number of nitrogens with zero attached hydrogens (tertiary/aromatic N) is 2. The number of rotatable bonds is 7. The summed E-state index contributed by atoms with van der Waals surface area (Å²) >= 11 is 6.51. The maximum atomic E-state index is 12.8. The molecule has 1 aliphatic heterocycles. The van der Waals surface area contributed by atoms with Crippen molar-refractivity contribution >= 4 is 46.2 Å². The summed E-state index contributed by atoms with van der Waals surface area (Å²) in [4.78, 5) is 28.9. The van der Waals surface area contributed by atoms with Crippen LogP contribution in [0.25, 0.3) is 6.08 Å². The average Bonchev–Trinajstić information content (AvgIpc) is 2.96. The van der Waals surface area contributed by atoms with Crippen molar-refractivity contribution in [2.24, 2.45) is 0 Å². The van der Waals surface area contributed by atoms with E-state index in [1.165, 1.54) is 21.6 Å². The highest BCUT2D eigenvalue weighted by atomic mass is 32.2. The molecule has 1 fully saturated rings. The Labute approximate surface area is 173 Å². The summed E-state index contributed by atoms with van der Waals surface area (Å²) in [6.07, 6.45) is 1.78. The van der Waals surface area contributed by atoms with E-state index in [4.69, 9.17) is 12.2 Å². The number of amides is 2. The first-order valence-electron chi connectivity index (χ1n) is 8.81. The third kappa shape index (κ3) is 5.07. The van der Waals surface area contributed by atoms with Crippen molar-refractivity contribution in [3.63, 3.8) is 0 Å². The maximum absolute atomic E-state index is 12.8. The molecule has 0 radical (unpaired) electrons. The number of thiocarbonyl (C=S) groups is 1. The first kappa shape index (κ1) is 20.3.